The summed E-state index contributed by atoms with van der Waals surface area (Å²) in [4.78, 5) is 24.5. The van der Waals surface area contributed by atoms with Crippen LogP contribution in [0.3, 0.4) is 0 Å². The molecule has 0 fully saturated rings. The van der Waals surface area contributed by atoms with E-state index < -0.39 is 11.4 Å². The Hall–Kier alpha value is -1.30. The maximum absolute atomic E-state index is 11.7. The highest BCUT2D eigenvalue weighted by Gasteiger charge is 2.35. The van der Waals surface area contributed by atoms with Gasteiger partial charge in [0.1, 0.15) is 0 Å². The quantitative estimate of drug-likeness (QED) is 0.600. The third-order valence-corrected chi connectivity index (χ3v) is 3.43. The first-order valence-electron chi connectivity index (χ1n) is 6.30. The first kappa shape index (κ1) is 16.7. The summed E-state index contributed by atoms with van der Waals surface area (Å²) < 4.78 is 0. The molecule has 3 N–H and O–H groups in total. The number of carboxylic acid groups (broad SMARTS) is 1. The summed E-state index contributed by atoms with van der Waals surface area (Å²) in [5.74, 6) is -0.856. The van der Waals surface area contributed by atoms with E-state index in [1.54, 1.807) is 7.05 Å². The molecule has 106 valence electrons. The fourth-order valence-corrected chi connectivity index (χ4v) is 1.64. The predicted octanol–water partition coefficient (Wildman–Crippen LogP) is 0.738. The topological polar surface area (TPSA) is 81.7 Å². The van der Waals surface area contributed by atoms with Crippen molar-refractivity contribution in [2.45, 2.75) is 26.7 Å². The van der Waals surface area contributed by atoms with Gasteiger partial charge in [0, 0.05) is 26.7 Å². The van der Waals surface area contributed by atoms with Gasteiger partial charge in [-0.2, -0.15) is 0 Å². The lowest BCUT2D eigenvalue weighted by atomic mass is 9.82. The van der Waals surface area contributed by atoms with Crippen LogP contribution in [-0.4, -0.2) is 55.7 Å². The highest BCUT2D eigenvalue weighted by molar-refractivity contribution is 5.78. The number of carbonyl (C=O) groups excluding carboxylic acids is 1. The van der Waals surface area contributed by atoms with Crippen molar-refractivity contribution in [3.05, 3.63) is 0 Å². The lowest BCUT2D eigenvalue weighted by Crippen LogP contribution is -2.47. The van der Waals surface area contributed by atoms with E-state index in [4.69, 9.17) is 0 Å². The standard InChI is InChI=1S/C12H25N3O3/c1-5-12(6-2,10(16)17)9-14-11(18)15(4)8-7-13-3/h13H,5-9H2,1-4H3,(H,14,18)(H,16,17). The van der Waals surface area contributed by atoms with Gasteiger partial charge < -0.3 is 20.6 Å². The molecule has 0 heterocycles. The zero-order chi connectivity index (χ0) is 14.2. The number of aliphatic carboxylic acids is 1. The minimum absolute atomic E-state index is 0.165. The summed E-state index contributed by atoms with van der Waals surface area (Å²) in [6, 6.07) is -0.238. The van der Waals surface area contributed by atoms with Crippen LogP contribution in [0.1, 0.15) is 26.7 Å². The first-order valence-corrected chi connectivity index (χ1v) is 6.30. The van der Waals surface area contributed by atoms with Crippen LogP contribution < -0.4 is 10.6 Å². The minimum atomic E-state index is -0.862. The van der Waals surface area contributed by atoms with Crippen molar-refractivity contribution in [1.82, 2.24) is 15.5 Å². The van der Waals surface area contributed by atoms with E-state index in [0.717, 1.165) is 0 Å². The molecule has 0 aromatic rings. The molecule has 0 aliphatic heterocycles. The van der Waals surface area contributed by atoms with Crippen LogP contribution >= 0.6 is 0 Å². The summed E-state index contributed by atoms with van der Waals surface area (Å²) in [5, 5.41) is 14.9. The molecule has 18 heavy (non-hydrogen) atoms. The van der Waals surface area contributed by atoms with Gasteiger partial charge in [-0.25, -0.2) is 4.79 Å². The second-order valence-corrected chi connectivity index (χ2v) is 4.48. The van der Waals surface area contributed by atoms with Gasteiger partial charge in [-0.15, -0.1) is 0 Å². The highest BCUT2D eigenvalue weighted by Crippen LogP contribution is 2.25. The number of amides is 2. The second kappa shape index (κ2) is 7.92. The van der Waals surface area contributed by atoms with Gasteiger partial charge in [0.2, 0.25) is 0 Å². The number of rotatable bonds is 8. The maximum Gasteiger partial charge on any atom is 0.317 e. The number of hydrogen-bond acceptors (Lipinski definition) is 3. The number of hydrogen-bond donors (Lipinski definition) is 3. The van der Waals surface area contributed by atoms with E-state index in [-0.39, 0.29) is 12.6 Å². The molecule has 6 nitrogen and oxygen atoms in total. The molecule has 0 aromatic heterocycles. The van der Waals surface area contributed by atoms with Gasteiger partial charge in [0.05, 0.1) is 5.41 Å². The number of nitrogens with zero attached hydrogens (tertiary/aromatic N) is 1. The molecule has 2 amide bonds. The van der Waals surface area contributed by atoms with Gasteiger partial charge in [-0.1, -0.05) is 13.8 Å². The van der Waals surface area contributed by atoms with Gasteiger partial charge >= 0.3 is 12.0 Å². The third kappa shape index (κ3) is 4.52. The van der Waals surface area contributed by atoms with Crippen molar-refractivity contribution in [2.24, 2.45) is 5.41 Å². The van der Waals surface area contributed by atoms with Crippen LogP contribution in [0.5, 0.6) is 0 Å². The molecule has 0 spiro atoms. The minimum Gasteiger partial charge on any atom is -0.481 e. The molecule has 0 aliphatic rings. The molecule has 0 atom stereocenters. The molecule has 0 bridgehead atoms. The number of likely N-dealkylation sites (N-methyl/N-ethyl adjacent to an activating group) is 2. The Kier molecular flexibility index (Phi) is 7.35. The van der Waals surface area contributed by atoms with Crippen LogP contribution in [0.25, 0.3) is 0 Å². The molecule has 0 aromatic carbocycles. The van der Waals surface area contributed by atoms with Crippen LogP contribution in [0.2, 0.25) is 0 Å². The lowest BCUT2D eigenvalue weighted by molar-refractivity contribution is -0.149. The molecule has 0 saturated heterocycles. The predicted molar refractivity (Wildman–Crippen MR) is 70.6 cm³/mol. The molecule has 6 heteroatoms. The monoisotopic (exact) mass is 259 g/mol. The Morgan fingerprint density at radius 2 is 1.83 bits per heavy atom. The first-order chi connectivity index (χ1) is 8.43. The normalized spacial score (nSPS) is 11.1. The van der Waals surface area contributed by atoms with Gasteiger partial charge in [-0.3, -0.25) is 4.79 Å². The van der Waals surface area contributed by atoms with Crippen molar-refractivity contribution in [3.8, 4) is 0 Å². The van der Waals surface area contributed by atoms with Crippen molar-refractivity contribution in [2.75, 3.05) is 33.7 Å². The molecular formula is C12H25N3O3. The Bertz CT molecular complexity index is 278. The van der Waals surface area contributed by atoms with E-state index in [0.29, 0.717) is 25.9 Å². The summed E-state index contributed by atoms with van der Waals surface area (Å²) >= 11 is 0. The fourth-order valence-electron chi connectivity index (χ4n) is 1.64. The average molecular weight is 259 g/mol. The molecule has 0 unspecified atom stereocenters. The Morgan fingerprint density at radius 3 is 2.22 bits per heavy atom. The molecule has 0 aliphatic carbocycles. The Balaban J connectivity index is 4.36. The SMILES string of the molecule is CCC(CC)(CNC(=O)N(C)CCNC)C(=O)O. The smallest absolute Gasteiger partial charge is 0.317 e. The number of urea groups is 1. The fraction of sp³-hybridized carbons (Fsp3) is 0.833. The molecule has 0 saturated carbocycles. The van der Waals surface area contributed by atoms with Crippen molar-refractivity contribution < 1.29 is 14.7 Å². The molecule has 0 radical (unpaired) electrons. The van der Waals surface area contributed by atoms with E-state index in [1.807, 2.05) is 20.9 Å². The average Bonchev–Trinajstić information content (AvgIpc) is 2.36. The number of carbonyl (C=O) groups is 2. The number of carboxylic acids is 1. The molecule has 0 rings (SSSR count). The highest BCUT2D eigenvalue weighted by atomic mass is 16.4. The maximum atomic E-state index is 11.7. The third-order valence-electron chi connectivity index (χ3n) is 3.43. The Morgan fingerprint density at radius 1 is 1.28 bits per heavy atom. The number of nitrogens with one attached hydrogen (secondary N) is 2. The van der Waals surface area contributed by atoms with Crippen LogP contribution in [0.15, 0.2) is 0 Å². The van der Waals surface area contributed by atoms with Crippen molar-refractivity contribution in [3.63, 3.8) is 0 Å². The van der Waals surface area contributed by atoms with E-state index >= 15 is 0 Å². The van der Waals surface area contributed by atoms with E-state index in [2.05, 4.69) is 10.6 Å². The van der Waals surface area contributed by atoms with Crippen LogP contribution in [0, 0.1) is 5.41 Å². The summed E-state index contributed by atoms with van der Waals surface area (Å²) in [5.41, 5.74) is -0.862. The molecular weight excluding hydrogens is 234 g/mol. The summed E-state index contributed by atoms with van der Waals surface area (Å²) in [6.45, 7) is 5.11. The van der Waals surface area contributed by atoms with Gasteiger partial charge in [0.15, 0.2) is 0 Å². The largest absolute Gasteiger partial charge is 0.481 e. The van der Waals surface area contributed by atoms with E-state index in [1.165, 1.54) is 4.90 Å². The van der Waals surface area contributed by atoms with Gasteiger partial charge in [-0.05, 0) is 19.9 Å². The Labute approximate surface area is 109 Å². The van der Waals surface area contributed by atoms with Crippen LogP contribution in [-0.2, 0) is 4.79 Å². The van der Waals surface area contributed by atoms with Crippen molar-refractivity contribution >= 4 is 12.0 Å². The summed E-state index contributed by atoms with van der Waals surface area (Å²) in [7, 11) is 3.50. The summed E-state index contributed by atoms with van der Waals surface area (Å²) in [6.07, 6.45) is 0.999. The zero-order valence-electron chi connectivity index (χ0n) is 11.7. The second-order valence-electron chi connectivity index (χ2n) is 4.48. The van der Waals surface area contributed by atoms with Gasteiger partial charge in [0.25, 0.3) is 0 Å². The van der Waals surface area contributed by atoms with Crippen molar-refractivity contribution in [1.29, 1.82) is 0 Å². The van der Waals surface area contributed by atoms with Crippen LogP contribution in [0.4, 0.5) is 4.79 Å². The zero-order valence-corrected chi connectivity index (χ0v) is 11.7. The lowest BCUT2D eigenvalue weighted by Gasteiger charge is -2.28. The van der Waals surface area contributed by atoms with E-state index in [9.17, 15) is 14.7 Å².